The molecule has 0 unspecified atom stereocenters. The summed E-state index contributed by atoms with van der Waals surface area (Å²) >= 11 is 0. The van der Waals surface area contributed by atoms with Gasteiger partial charge in [-0.2, -0.15) is 0 Å². The van der Waals surface area contributed by atoms with Crippen molar-refractivity contribution in [1.82, 2.24) is 4.90 Å². The number of esters is 1. The van der Waals surface area contributed by atoms with Crippen LogP contribution in [0.15, 0.2) is 48.5 Å². The van der Waals surface area contributed by atoms with Gasteiger partial charge in [-0.3, -0.25) is 9.69 Å². The van der Waals surface area contributed by atoms with Crippen molar-refractivity contribution >= 4 is 23.3 Å². The SMILES string of the molecule is COc1ccccc1N1CCN(COC(=O)COc2ccccc2NC(C)=O)CC1. The summed E-state index contributed by atoms with van der Waals surface area (Å²) in [6, 6.07) is 14.9. The van der Waals surface area contributed by atoms with Crippen LogP contribution in [-0.2, 0) is 14.3 Å². The second-order valence-corrected chi connectivity index (χ2v) is 6.89. The number of benzene rings is 2. The van der Waals surface area contributed by atoms with Gasteiger partial charge in [0.25, 0.3) is 0 Å². The lowest BCUT2D eigenvalue weighted by molar-refractivity contribution is -0.151. The van der Waals surface area contributed by atoms with E-state index in [4.69, 9.17) is 14.2 Å². The van der Waals surface area contributed by atoms with Crippen molar-refractivity contribution in [2.45, 2.75) is 6.92 Å². The van der Waals surface area contributed by atoms with Crippen LogP contribution < -0.4 is 19.7 Å². The van der Waals surface area contributed by atoms with Gasteiger partial charge in [0.2, 0.25) is 5.91 Å². The number of carbonyl (C=O) groups excluding carboxylic acids is 2. The minimum atomic E-state index is -0.459. The van der Waals surface area contributed by atoms with E-state index >= 15 is 0 Å². The van der Waals surface area contributed by atoms with Crippen molar-refractivity contribution in [3.63, 3.8) is 0 Å². The molecule has 0 bridgehead atoms. The predicted molar refractivity (Wildman–Crippen MR) is 114 cm³/mol. The standard InChI is InChI=1S/C22H27N3O5/c1-17(26)23-18-7-3-5-9-20(18)29-15-22(27)30-16-24-11-13-25(14-12-24)19-8-4-6-10-21(19)28-2/h3-10H,11-16H2,1-2H3,(H,23,26). The summed E-state index contributed by atoms with van der Waals surface area (Å²) in [5, 5.41) is 2.67. The third-order valence-corrected chi connectivity index (χ3v) is 4.75. The summed E-state index contributed by atoms with van der Waals surface area (Å²) < 4.78 is 16.3. The number of nitrogens with zero attached hydrogens (tertiary/aromatic N) is 2. The fourth-order valence-electron chi connectivity index (χ4n) is 3.24. The third-order valence-electron chi connectivity index (χ3n) is 4.75. The summed E-state index contributed by atoms with van der Waals surface area (Å²) in [5.41, 5.74) is 1.59. The molecule has 0 atom stereocenters. The first-order valence-electron chi connectivity index (χ1n) is 9.82. The Hall–Kier alpha value is -3.26. The zero-order valence-electron chi connectivity index (χ0n) is 17.3. The van der Waals surface area contributed by atoms with Crippen molar-refractivity contribution < 1.29 is 23.8 Å². The highest BCUT2D eigenvalue weighted by atomic mass is 16.6. The maximum Gasteiger partial charge on any atom is 0.345 e. The first kappa shape index (κ1) is 21.4. The van der Waals surface area contributed by atoms with Gasteiger partial charge >= 0.3 is 5.97 Å². The number of hydrogen-bond acceptors (Lipinski definition) is 7. The Kier molecular flexibility index (Phi) is 7.51. The number of piperazine rings is 1. The summed E-state index contributed by atoms with van der Waals surface area (Å²) in [6.45, 7) is 4.60. The Balaban J connectivity index is 1.42. The molecule has 8 nitrogen and oxygen atoms in total. The molecule has 0 radical (unpaired) electrons. The van der Waals surface area contributed by atoms with E-state index in [1.807, 2.05) is 24.3 Å². The Bertz CT molecular complexity index is 865. The maximum absolute atomic E-state index is 12.1. The monoisotopic (exact) mass is 413 g/mol. The number of anilines is 2. The molecule has 1 N–H and O–H groups in total. The maximum atomic E-state index is 12.1. The highest BCUT2D eigenvalue weighted by molar-refractivity contribution is 5.90. The van der Waals surface area contributed by atoms with Crippen LogP contribution in [0.4, 0.5) is 11.4 Å². The van der Waals surface area contributed by atoms with Gasteiger partial charge in [0, 0.05) is 33.1 Å². The van der Waals surface area contributed by atoms with Crippen molar-refractivity contribution in [2.24, 2.45) is 0 Å². The molecular formula is C22H27N3O5. The lowest BCUT2D eigenvalue weighted by atomic mass is 10.2. The molecule has 1 heterocycles. The lowest BCUT2D eigenvalue weighted by Crippen LogP contribution is -2.47. The molecule has 1 aliphatic heterocycles. The predicted octanol–water partition coefficient (Wildman–Crippen LogP) is 2.36. The fourth-order valence-corrected chi connectivity index (χ4v) is 3.24. The number of nitrogens with one attached hydrogen (secondary N) is 1. The van der Waals surface area contributed by atoms with E-state index < -0.39 is 5.97 Å². The number of ether oxygens (including phenoxy) is 3. The summed E-state index contributed by atoms with van der Waals surface area (Å²) in [7, 11) is 1.67. The van der Waals surface area contributed by atoms with Gasteiger partial charge in [-0.15, -0.1) is 0 Å². The molecule has 0 saturated carbocycles. The van der Waals surface area contributed by atoms with Crippen LogP contribution in [0.25, 0.3) is 0 Å². The van der Waals surface area contributed by atoms with Crippen LogP contribution in [0.3, 0.4) is 0 Å². The van der Waals surface area contributed by atoms with E-state index in [9.17, 15) is 9.59 Å². The normalized spacial score (nSPS) is 14.1. The van der Waals surface area contributed by atoms with Crippen molar-refractivity contribution in [3.8, 4) is 11.5 Å². The van der Waals surface area contributed by atoms with E-state index in [1.165, 1.54) is 6.92 Å². The van der Waals surface area contributed by atoms with E-state index in [1.54, 1.807) is 31.4 Å². The largest absolute Gasteiger partial charge is 0.495 e. The molecule has 2 aromatic carbocycles. The number of para-hydroxylation sites is 4. The molecule has 1 amide bonds. The molecule has 8 heteroatoms. The number of amides is 1. The molecule has 1 aliphatic rings. The number of hydrogen-bond donors (Lipinski definition) is 1. The summed E-state index contributed by atoms with van der Waals surface area (Å²) in [4.78, 5) is 27.7. The third kappa shape index (κ3) is 5.87. The zero-order chi connectivity index (χ0) is 21.3. The van der Waals surface area contributed by atoms with Crippen LogP contribution in [0.2, 0.25) is 0 Å². The van der Waals surface area contributed by atoms with E-state index in [0.717, 1.165) is 37.6 Å². The molecule has 3 rings (SSSR count). The minimum Gasteiger partial charge on any atom is -0.495 e. The molecule has 0 aromatic heterocycles. The topological polar surface area (TPSA) is 80.3 Å². The van der Waals surface area contributed by atoms with Gasteiger partial charge in [0.05, 0.1) is 18.5 Å². The highest BCUT2D eigenvalue weighted by Gasteiger charge is 2.20. The molecule has 0 spiro atoms. The van der Waals surface area contributed by atoms with Crippen molar-refractivity contribution in [2.75, 3.05) is 56.8 Å². The van der Waals surface area contributed by atoms with Gasteiger partial charge in [0.1, 0.15) is 18.2 Å². The van der Waals surface area contributed by atoms with Crippen molar-refractivity contribution in [1.29, 1.82) is 0 Å². The Labute approximate surface area is 176 Å². The second kappa shape index (κ2) is 10.5. The summed E-state index contributed by atoms with van der Waals surface area (Å²) in [5.74, 6) is 0.616. The van der Waals surface area contributed by atoms with Crippen LogP contribution in [0.5, 0.6) is 11.5 Å². The fraction of sp³-hybridized carbons (Fsp3) is 0.364. The molecule has 0 aliphatic carbocycles. The van der Waals surface area contributed by atoms with E-state index in [0.29, 0.717) is 11.4 Å². The van der Waals surface area contributed by atoms with E-state index in [2.05, 4.69) is 15.1 Å². The summed E-state index contributed by atoms with van der Waals surface area (Å²) in [6.07, 6.45) is 0. The highest BCUT2D eigenvalue weighted by Crippen LogP contribution is 2.28. The van der Waals surface area contributed by atoms with Crippen LogP contribution in [-0.4, -0.2) is 63.4 Å². The van der Waals surface area contributed by atoms with Gasteiger partial charge in [-0.05, 0) is 24.3 Å². The van der Waals surface area contributed by atoms with Crippen LogP contribution in [0.1, 0.15) is 6.92 Å². The van der Waals surface area contributed by atoms with Gasteiger partial charge in [-0.25, -0.2) is 4.79 Å². The Morgan fingerprint density at radius 3 is 2.33 bits per heavy atom. The molecule has 160 valence electrons. The lowest BCUT2D eigenvalue weighted by Gasteiger charge is -2.36. The first-order valence-corrected chi connectivity index (χ1v) is 9.82. The van der Waals surface area contributed by atoms with Crippen LogP contribution in [0, 0.1) is 0 Å². The zero-order valence-corrected chi connectivity index (χ0v) is 17.3. The molecular weight excluding hydrogens is 386 g/mol. The van der Waals surface area contributed by atoms with Gasteiger partial charge in [0.15, 0.2) is 6.61 Å². The number of carbonyl (C=O) groups is 2. The number of methoxy groups -OCH3 is 1. The second-order valence-electron chi connectivity index (χ2n) is 6.89. The molecule has 30 heavy (non-hydrogen) atoms. The quantitative estimate of drug-likeness (QED) is 0.666. The number of rotatable bonds is 8. The Morgan fingerprint density at radius 1 is 0.967 bits per heavy atom. The van der Waals surface area contributed by atoms with Crippen molar-refractivity contribution in [3.05, 3.63) is 48.5 Å². The molecule has 1 fully saturated rings. The van der Waals surface area contributed by atoms with Gasteiger partial charge in [-0.1, -0.05) is 24.3 Å². The molecule has 2 aromatic rings. The van der Waals surface area contributed by atoms with Crippen LogP contribution >= 0.6 is 0 Å². The van der Waals surface area contributed by atoms with E-state index in [-0.39, 0.29) is 19.2 Å². The minimum absolute atomic E-state index is 0.208. The van der Waals surface area contributed by atoms with Gasteiger partial charge < -0.3 is 24.4 Å². The average Bonchev–Trinajstić information content (AvgIpc) is 2.77. The Morgan fingerprint density at radius 2 is 1.63 bits per heavy atom. The first-order chi connectivity index (χ1) is 14.6. The molecule has 1 saturated heterocycles. The smallest absolute Gasteiger partial charge is 0.345 e. The average molecular weight is 413 g/mol.